The SMILES string of the molecule is CC(C)[C@H]1OCCC[C@H]1CNC(=O)CSc1n[nH]c(=S)s1. The average Bonchev–Trinajstić information content (AvgIpc) is 2.88. The molecule has 21 heavy (non-hydrogen) atoms. The van der Waals surface area contributed by atoms with Crippen molar-refractivity contribution >= 4 is 41.2 Å². The molecule has 1 amide bonds. The average molecular weight is 348 g/mol. The van der Waals surface area contributed by atoms with Crippen molar-refractivity contribution in [1.82, 2.24) is 15.5 Å². The van der Waals surface area contributed by atoms with Gasteiger partial charge in [0.05, 0.1) is 11.9 Å². The maximum absolute atomic E-state index is 11.9. The highest BCUT2D eigenvalue weighted by Gasteiger charge is 2.28. The molecular formula is C13H21N3O2S3. The summed E-state index contributed by atoms with van der Waals surface area (Å²) in [4.78, 5) is 11.9. The second-order valence-electron chi connectivity index (χ2n) is 5.45. The fraction of sp³-hybridized carbons (Fsp3) is 0.769. The van der Waals surface area contributed by atoms with Crippen LogP contribution in [0.3, 0.4) is 0 Å². The number of aromatic nitrogens is 2. The minimum Gasteiger partial charge on any atom is -0.378 e. The van der Waals surface area contributed by atoms with Crippen molar-refractivity contribution < 1.29 is 9.53 Å². The number of hydrogen-bond acceptors (Lipinski definition) is 6. The van der Waals surface area contributed by atoms with Crippen molar-refractivity contribution in [1.29, 1.82) is 0 Å². The maximum atomic E-state index is 11.9. The van der Waals surface area contributed by atoms with E-state index in [-0.39, 0.29) is 12.0 Å². The number of aromatic amines is 1. The number of ether oxygens (including phenoxy) is 1. The second-order valence-corrected chi connectivity index (χ2v) is 8.34. The molecule has 1 aromatic heterocycles. The first-order chi connectivity index (χ1) is 10.1. The predicted molar refractivity (Wildman–Crippen MR) is 88.3 cm³/mol. The lowest BCUT2D eigenvalue weighted by Crippen LogP contribution is -2.41. The molecule has 1 aliphatic rings. The summed E-state index contributed by atoms with van der Waals surface area (Å²) in [6.07, 6.45) is 2.45. The number of nitrogens with zero attached hydrogens (tertiary/aromatic N) is 1. The molecule has 1 saturated heterocycles. The first kappa shape index (κ1) is 16.9. The summed E-state index contributed by atoms with van der Waals surface area (Å²) in [6.45, 7) is 5.88. The molecule has 118 valence electrons. The molecule has 0 spiro atoms. The van der Waals surface area contributed by atoms with Gasteiger partial charge in [0, 0.05) is 19.1 Å². The molecule has 1 aliphatic heterocycles. The molecule has 1 aromatic rings. The number of carbonyl (C=O) groups is 1. The highest BCUT2D eigenvalue weighted by Crippen LogP contribution is 2.26. The van der Waals surface area contributed by atoms with Gasteiger partial charge in [0.15, 0.2) is 8.29 Å². The Morgan fingerprint density at radius 1 is 1.67 bits per heavy atom. The van der Waals surface area contributed by atoms with Gasteiger partial charge < -0.3 is 10.1 Å². The molecule has 0 radical (unpaired) electrons. The number of hydrogen-bond donors (Lipinski definition) is 2. The predicted octanol–water partition coefficient (Wildman–Crippen LogP) is 2.86. The van der Waals surface area contributed by atoms with E-state index in [4.69, 9.17) is 17.0 Å². The van der Waals surface area contributed by atoms with Crippen molar-refractivity contribution in [2.75, 3.05) is 18.9 Å². The second kappa shape index (κ2) is 8.26. The Kier molecular flexibility index (Phi) is 6.66. The molecule has 2 rings (SSSR count). The van der Waals surface area contributed by atoms with Gasteiger partial charge in [0.1, 0.15) is 0 Å². The fourth-order valence-electron chi connectivity index (χ4n) is 2.52. The number of H-pyrrole nitrogens is 1. The summed E-state index contributed by atoms with van der Waals surface area (Å²) in [7, 11) is 0. The third-order valence-electron chi connectivity index (χ3n) is 3.46. The summed E-state index contributed by atoms with van der Waals surface area (Å²) in [5, 5.41) is 9.75. The highest BCUT2D eigenvalue weighted by atomic mass is 32.2. The lowest BCUT2D eigenvalue weighted by Gasteiger charge is -2.34. The Balaban J connectivity index is 1.73. The molecule has 0 saturated carbocycles. The Morgan fingerprint density at radius 2 is 2.48 bits per heavy atom. The molecule has 2 atom stereocenters. The van der Waals surface area contributed by atoms with E-state index in [0.717, 1.165) is 23.8 Å². The molecule has 0 aromatic carbocycles. The molecule has 1 fully saturated rings. The van der Waals surface area contributed by atoms with Crippen LogP contribution >= 0.6 is 35.3 Å². The first-order valence-corrected chi connectivity index (χ1v) is 9.34. The van der Waals surface area contributed by atoms with Gasteiger partial charge in [-0.3, -0.25) is 9.89 Å². The Morgan fingerprint density at radius 3 is 3.14 bits per heavy atom. The Bertz CT molecular complexity index is 515. The fourth-order valence-corrected chi connectivity index (χ4v) is 4.43. The van der Waals surface area contributed by atoms with Gasteiger partial charge in [-0.25, -0.2) is 0 Å². The van der Waals surface area contributed by atoms with Gasteiger partial charge in [-0.2, -0.15) is 5.10 Å². The molecule has 8 heteroatoms. The van der Waals surface area contributed by atoms with Crippen molar-refractivity contribution in [3.63, 3.8) is 0 Å². The first-order valence-electron chi connectivity index (χ1n) is 7.13. The van der Waals surface area contributed by atoms with Crippen LogP contribution in [0.25, 0.3) is 0 Å². The minimum atomic E-state index is 0.0363. The topological polar surface area (TPSA) is 67.0 Å². The quantitative estimate of drug-likeness (QED) is 0.612. The molecule has 0 unspecified atom stereocenters. The molecule has 5 nitrogen and oxygen atoms in total. The number of thioether (sulfide) groups is 1. The number of rotatable bonds is 6. The van der Waals surface area contributed by atoms with Gasteiger partial charge in [-0.15, -0.1) is 0 Å². The van der Waals surface area contributed by atoms with E-state index in [0.29, 0.717) is 28.1 Å². The van der Waals surface area contributed by atoms with Crippen LogP contribution in [0, 0.1) is 15.8 Å². The van der Waals surface area contributed by atoms with Crippen molar-refractivity contribution in [3.8, 4) is 0 Å². The summed E-state index contributed by atoms with van der Waals surface area (Å²) in [5.41, 5.74) is 0. The van der Waals surface area contributed by atoms with Crippen LogP contribution < -0.4 is 5.32 Å². The van der Waals surface area contributed by atoms with Crippen molar-refractivity contribution in [3.05, 3.63) is 3.95 Å². The van der Waals surface area contributed by atoms with E-state index in [1.54, 1.807) is 0 Å². The zero-order chi connectivity index (χ0) is 15.2. The maximum Gasteiger partial charge on any atom is 0.230 e. The lowest BCUT2D eigenvalue weighted by atomic mass is 9.87. The third kappa shape index (κ3) is 5.36. The summed E-state index contributed by atoms with van der Waals surface area (Å²) >= 11 is 7.76. The lowest BCUT2D eigenvalue weighted by molar-refractivity contribution is -0.119. The van der Waals surface area contributed by atoms with Crippen molar-refractivity contribution in [2.45, 2.75) is 37.1 Å². The van der Waals surface area contributed by atoms with Gasteiger partial charge in [-0.1, -0.05) is 36.9 Å². The third-order valence-corrected chi connectivity index (χ3v) is 5.69. The van der Waals surface area contributed by atoms with E-state index < -0.39 is 0 Å². The zero-order valence-electron chi connectivity index (χ0n) is 12.3. The molecule has 2 N–H and O–H groups in total. The van der Waals surface area contributed by atoms with Gasteiger partial charge in [-0.05, 0) is 31.0 Å². The van der Waals surface area contributed by atoms with Crippen LogP contribution in [0.5, 0.6) is 0 Å². The Hall–Kier alpha value is -0.440. The largest absolute Gasteiger partial charge is 0.378 e. The van der Waals surface area contributed by atoms with Crippen LogP contribution in [-0.4, -0.2) is 41.1 Å². The van der Waals surface area contributed by atoms with Gasteiger partial charge in [0.25, 0.3) is 0 Å². The zero-order valence-corrected chi connectivity index (χ0v) is 14.7. The minimum absolute atomic E-state index is 0.0363. The van der Waals surface area contributed by atoms with Crippen LogP contribution in [0.2, 0.25) is 0 Å². The van der Waals surface area contributed by atoms with Crippen LogP contribution in [0.15, 0.2) is 4.34 Å². The molecular weight excluding hydrogens is 326 g/mol. The summed E-state index contributed by atoms with van der Waals surface area (Å²) in [6, 6.07) is 0. The van der Waals surface area contributed by atoms with Crippen LogP contribution in [-0.2, 0) is 9.53 Å². The normalized spacial score (nSPS) is 22.4. The number of amides is 1. The highest BCUT2D eigenvalue weighted by molar-refractivity contribution is 8.01. The van der Waals surface area contributed by atoms with Crippen molar-refractivity contribution in [2.24, 2.45) is 11.8 Å². The van der Waals surface area contributed by atoms with E-state index in [1.165, 1.54) is 23.1 Å². The summed E-state index contributed by atoms with van der Waals surface area (Å²) < 4.78 is 7.27. The van der Waals surface area contributed by atoms with Crippen LogP contribution in [0.1, 0.15) is 26.7 Å². The Labute approximate surface area is 138 Å². The van der Waals surface area contributed by atoms with Crippen LogP contribution in [0.4, 0.5) is 0 Å². The van der Waals surface area contributed by atoms with E-state index >= 15 is 0 Å². The number of carbonyl (C=O) groups excluding carboxylic acids is 1. The molecule has 0 bridgehead atoms. The smallest absolute Gasteiger partial charge is 0.230 e. The van der Waals surface area contributed by atoms with E-state index in [1.807, 2.05) is 0 Å². The van der Waals surface area contributed by atoms with E-state index in [9.17, 15) is 4.79 Å². The summed E-state index contributed by atoms with van der Waals surface area (Å²) in [5.74, 6) is 1.31. The van der Waals surface area contributed by atoms with E-state index in [2.05, 4.69) is 29.4 Å². The monoisotopic (exact) mass is 347 g/mol. The standard InChI is InChI=1S/C13H21N3O2S3/c1-8(2)11-9(4-3-5-18-11)6-14-10(17)7-20-13-16-15-12(19)21-13/h8-9,11H,3-7H2,1-2H3,(H,14,17)(H,15,19)/t9-,11+/m0/s1. The van der Waals surface area contributed by atoms with Gasteiger partial charge >= 0.3 is 0 Å². The van der Waals surface area contributed by atoms with Gasteiger partial charge in [0.2, 0.25) is 5.91 Å². The number of nitrogens with one attached hydrogen (secondary N) is 2. The molecule has 2 heterocycles. The molecule has 0 aliphatic carbocycles.